The van der Waals surface area contributed by atoms with E-state index in [0.29, 0.717) is 5.82 Å². The summed E-state index contributed by atoms with van der Waals surface area (Å²) in [5.41, 5.74) is 0. The molecule has 16 heavy (non-hydrogen) atoms. The van der Waals surface area contributed by atoms with Gasteiger partial charge in [-0.05, 0) is 11.6 Å². The molecule has 0 bridgehead atoms. The second kappa shape index (κ2) is 4.67. The van der Waals surface area contributed by atoms with E-state index in [1.54, 1.807) is 14.2 Å². The van der Waals surface area contributed by atoms with Crippen molar-refractivity contribution in [2.24, 2.45) is 7.05 Å². The van der Waals surface area contributed by atoms with Crippen molar-refractivity contribution in [3.05, 3.63) is 5.82 Å². The number of nitrogens with zero attached hydrogens (tertiary/aromatic N) is 4. The van der Waals surface area contributed by atoms with Crippen molar-refractivity contribution in [3.8, 4) is 0 Å². The maximum absolute atomic E-state index is 11.9. The zero-order valence-electron chi connectivity index (χ0n) is 9.38. The quantitative estimate of drug-likeness (QED) is 0.685. The van der Waals surface area contributed by atoms with Crippen molar-refractivity contribution >= 4 is 5.78 Å². The number of tetrazole rings is 1. The Morgan fingerprint density at radius 2 is 2.50 bits per heavy atom. The number of hydrogen-bond donors (Lipinski definition) is 1. The summed E-state index contributed by atoms with van der Waals surface area (Å²) in [5, 5.41) is 14.6. The predicted molar refractivity (Wildman–Crippen MR) is 54.7 cm³/mol. The molecule has 7 nitrogen and oxygen atoms in total. The third-order valence-electron chi connectivity index (χ3n) is 2.69. The van der Waals surface area contributed by atoms with Crippen molar-refractivity contribution in [2.45, 2.75) is 25.0 Å². The monoisotopic (exact) mass is 225 g/mol. The maximum Gasteiger partial charge on any atom is 0.182 e. The highest BCUT2D eigenvalue weighted by Crippen LogP contribution is 2.11. The van der Waals surface area contributed by atoms with Gasteiger partial charge in [0.2, 0.25) is 0 Å². The van der Waals surface area contributed by atoms with Gasteiger partial charge < -0.3 is 10.1 Å². The normalized spacial score (nSPS) is 24.9. The van der Waals surface area contributed by atoms with Gasteiger partial charge in [0.1, 0.15) is 0 Å². The fourth-order valence-corrected chi connectivity index (χ4v) is 1.80. The molecule has 1 aromatic heterocycles. The molecule has 1 fully saturated rings. The molecule has 1 aromatic rings. The molecule has 1 N–H and O–H groups in total. The van der Waals surface area contributed by atoms with E-state index in [1.807, 2.05) is 0 Å². The van der Waals surface area contributed by atoms with Gasteiger partial charge in [0.15, 0.2) is 11.6 Å². The third-order valence-corrected chi connectivity index (χ3v) is 2.69. The van der Waals surface area contributed by atoms with E-state index in [0.717, 1.165) is 13.0 Å². The maximum atomic E-state index is 11.9. The lowest BCUT2D eigenvalue weighted by molar-refractivity contribution is -0.120. The molecule has 0 aromatic carbocycles. The van der Waals surface area contributed by atoms with Crippen LogP contribution in [0.25, 0.3) is 0 Å². The zero-order valence-corrected chi connectivity index (χ0v) is 9.38. The Kier molecular flexibility index (Phi) is 3.25. The molecule has 1 saturated heterocycles. The molecule has 2 heterocycles. The van der Waals surface area contributed by atoms with Crippen molar-refractivity contribution in [2.75, 3.05) is 13.7 Å². The van der Waals surface area contributed by atoms with Gasteiger partial charge in [-0.3, -0.25) is 4.79 Å². The molecule has 2 atom stereocenters. The Bertz CT molecular complexity index is 378. The minimum Gasteiger partial charge on any atom is -0.380 e. The largest absolute Gasteiger partial charge is 0.380 e. The summed E-state index contributed by atoms with van der Waals surface area (Å²) in [4.78, 5) is 13.2. The molecule has 7 heteroatoms. The highest BCUT2D eigenvalue weighted by molar-refractivity contribution is 5.85. The van der Waals surface area contributed by atoms with Gasteiger partial charge >= 0.3 is 0 Å². The van der Waals surface area contributed by atoms with Gasteiger partial charge in [-0.15, -0.1) is 10.2 Å². The number of methoxy groups -OCH3 is 1. The molecule has 0 radical (unpaired) electrons. The molecule has 0 amide bonds. The number of carbonyl (C=O) groups excluding carboxylic acids is 1. The van der Waals surface area contributed by atoms with Crippen LogP contribution in [0.15, 0.2) is 0 Å². The van der Waals surface area contributed by atoms with Gasteiger partial charge in [-0.2, -0.15) is 4.80 Å². The topological polar surface area (TPSA) is 81.9 Å². The smallest absolute Gasteiger partial charge is 0.182 e. The summed E-state index contributed by atoms with van der Waals surface area (Å²) in [7, 11) is 3.33. The van der Waals surface area contributed by atoms with E-state index < -0.39 is 0 Å². The summed E-state index contributed by atoms with van der Waals surface area (Å²) in [6.45, 7) is 0.723. The summed E-state index contributed by atoms with van der Waals surface area (Å²) in [5.74, 6) is 0.558. The number of ether oxygens (including phenoxy) is 1. The summed E-state index contributed by atoms with van der Waals surface area (Å²) < 4.78 is 5.18. The standard InChI is InChI=1S/C9H15N5O2/c1-14-12-9(11-13-14)4-8(15)7-3-6(16-2)5-10-7/h6-7,10H,3-5H2,1-2H3. The third kappa shape index (κ3) is 2.42. The SMILES string of the molecule is COC1CNC(C(=O)Cc2nnn(C)n2)C1. The minimum atomic E-state index is -0.145. The van der Waals surface area contributed by atoms with Gasteiger partial charge in [-0.25, -0.2) is 0 Å². The van der Waals surface area contributed by atoms with Crippen LogP contribution in [0, 0.1) is 0 Å². The van der Waals surface area contributed by atoms with Gasteiger partial charge in [-0.1, -0.05) is 0 Å². The van der Waals surface area contributed by atoms with Crippen LogP contribution < -0.4 is 5.32 Å². The van der Waals surface area contributed by atoms with Crippen LogP contribution in [0.3, 0.4) is 0 Å². The Balaban J connectivity index is 1.89. The summed E-state index contributed by atoms with van der Waals surface area (Å²) in [6, 6.07) is -0.145. The second-order valence-corrected chi connectivity index (χ2v) is 3.89. The molecular weight excluding hydrogens is 210 g/mol. The lowest BCUT2D eigenvalue weighted by Gasteiger charge is -2.07. The molecule has 2 unspecified atom stereocenters. The minimum absolute atomic E-state index is 0.0903. The van der Waals surface area contributed by atoms with Crippen LogP contribution >= 0.6 is 0 Å². The molecule has 88 valence electrons. The van der Waals surface area contributed by atoms with Gasteiger partial charge in [0.25, 0.3) is 0 Å². The van der Waals surface area contributed by atoms with Crippen LogP contribution in [0.5, 0.6) is 0 Å². The Morgan fingerprint density at radius 1 is 1.69 bits per heavy atom. The summed E-state index contributed by atoms with van der Waals surface area (Å²) in [6.07, 6.45) is 1.07. The van der Waals surface area contributed by atoms with E-state index >= 15 is 0 Å². The fraction of sp³-hybridized carbons (Fsp3) is 0.778. The van der Waals surface area contributed by atoms with E-state index in [9.17, 15) is 4.79 Å². The van der Waals surface area contributed by atoms with E-state index in [2.05, 4.69) is 20.7 Å². The zero-order chi connectivity index (χ0) is 11.5. The van der Waals surface area contributed by atoms with Crippen molar-refractivity contribution < 1.29 is 9.53 Å². The number of aryl methyl sites for hydroxylation is 1. The van der Waals surface area contributed by atoms with E-state index in [1.165, 1.54) is 4.80 Å². The summed E-state index contributed by atoms with van der Waals surface area (Å²) >= 11 is 0. The van der Waals surface area contributed by atoms with Crippen molar-refractivity contribution in [3.63, 3.8) is 0 Å². The van der Waals surface area contributed by atoms with Crippen LogP contribution in [-0.4, -0.2) is 51.8 Å². The number of hydrogen-bond acceptors (Lipinski definition) is 6. The predicted octanol–water partition coefficient (Wildman–Crippen LogP) is -1.30. The molecule has 0 spiro atoms. The van der Waals surface area contributed by atoms with Crippen molar-refractivity contribution in [1.29, 1.82) is 0 Å². The lowest BCUT2D eigenvalue weighted by Crippen LogP contribution is -2.32. The number of ketones is 1. The highest BCUT2D eigenvalue weighted by atomic mass is 16.5. The lowest BCUT2D eigenvalue weighted by atomic mass is 10.1. The first kappa shape index (κ1) is 11.2. The number of aromatic nitrogens is 4. The first-order valence-corrected chi connectivity index (χ1v) is 5.21. The fourth-order valence-electron chi connectivity index (χ4n) is 1.80. The van der Waals surface area contributed by atoms with Gasteiger partial charge in [0.05, 0.1) is 25.6 Å². The molecule has 0 aliphatic carbocycles. The number of rotatable bonds is 4. The van der Waals surface area contributed by atoms with Gasteiger partial charge in [0, 0.05) is 13.7 Å². The van der Waals surface area contributed by atoms with Crippen LogP contribution in [0.2, 0.25) is 0 Å². The average Bonchev–Trinajstić information content (AvgIpc) is 2.87. The Hall–Kier alpha value is -1.34. The first-order valence-electron chi connectivity index (χ1n) is 5.21. The highest BCUT2D eigenvalue weighted by Gasteiger charge is 2.29. The number of nitrogens with one attached hydrogen (secondary N) is 1. The molecular formula is C9H15N5O2. The molecule has 1 aliphatic rings. The Labute approximate surface area is 93.2 Å². The van der Waals surface area contributed by atoms with E-state index in [4.69, 9.17) is 4.74 Å². The van der Waals surface area contributed by atoms with E-state index in [-0.39, 0.29) is 24.3 Å². The Morgan fingerprint density at radius 3 is 3.06 bits per heavy atom. The van der Waals surface area contributed by atoms with Crippen molar-refractivity contribution in [1.82, 2.24) is 25.5 Å². The number of carbonyl (C=O) groups is 1. The average molecular weight is 225 g/mol. The molecule has 2 rings (SSSR count). The first-order chi connectivity index (χ1) is 7.69. The van der Waals surface area contributed by atoms with Crippen LogP contribution in [0.1, 0.15) is 12.2 Å². The second-order valence-electron chi connectivity index (χ2n) is 3.89. The van der Waals surface area contributed by atoms with Crippen LogP contribution in [-0.2, 0) is 23.0 Å². The molecule has 1 aliphatic heterocycles. The van der Waals surface area contributed by atoms with Crippen LogP contribution in [0.4, 0.5) is 0 Å². The molecule has 0 saturated carbocycles. The number of Topliss-reactive ketones (excluding diaryl/α,β-unsaturated/α-hetero) is 1.